The van der Waals surface area contributed by atoms with Gasteiger partial charge in [-0.2, -0.15) is 0 Å². The molecule has 26 heavy (non-hydrogen) atoms. The number of ether oxygens (including phenoxy) is 2. The molecule has 2 aromatic rings. The van der Waals surface area contributed by atoms with E-state index in [-0.39, 0.29) is 0 Å². The van der Waals surface area contributed by atoms with Crippen LogP contribution in [-0.2, 0) is 19.1 Å². The zero-order chi connectivity index (χ0) is 18.9. The molecule has 1 N–H and O–H groups in total. The highest BCUT2D eigenvalue weighted by atomic mass is 35.5. The lowest BCUT2D eigenvalue weighted by atomic mass is 10.2. The predicted molar refractivity (Wildman–Crippen MR) is 97.9 cm³/mol. The van der Waals surface area contributed by atoms with E-state index in [2.05, 4.69) is 10.1 Å². The van der Waals surface area contributed by atoms with Crippen LogP contribution in [0.3, 0.4) is 0 Å². The molecule has 2 aromatic carbocycles. The molecule has 0 fully saturated rings. The summed E-state index contributed by atoms with van der Waals surface area (Å²) in [5.41, 5.74) is 1.49. The number of halogens is 1. The fourth-order valence-electron chi connectivity index (χ4n) is 1.96. The van der Waals surface area contributed by atoms with E-state index >= 15 is 0 Å². The minimum absolute atomic E-state index is 0.363. The summed E-state index contributed by atoms with van der Waals surface area (Å²) in [6, 6.07) is 13.1. The van der Waals surface area contributed by atoms with Gasteiger partial charge in [-0.15, -0.1) is 0 Å². The molecule has 7 heteroatoms. The standard InChI is InChI=1S/C19H16ClNO5/c1-25-19(24)14-6-9-15(10-7-14)21-17(22)12-26-18(23)11-8-13-4-2-3-5-16(13)20/h2-11H,12H2,1H3,(H,21,22)/b11-8+. The summed E-state index contributed by atoms with van der Waals surface area (Å²) < 4.78 is 9.45. The molecule has 0 saturated heterocycles. The lowest BCUT2D eigenvalue weighted by Crippen LogP contribution is -2.20. The molecule has 0 aliphatic carbocycles. The Balaban J connectivity index is 1.82. The third-order valence-electron chi connectivity index (χ3n) is 3.24. The van der Waals surface area contributed by atoms with E-state index < -0.39 is 24.5 Å². The smallest absolute Gasteiger partial charge is 0.337 e. The number of rotatable bonds is 6. The van der Waals surface area contributed by atoms with Gasteiger partial charge in [0.1, 0.15) is 0 Å². The van der Waals surface area contributed by atoms with Crippen molar-refractivity contribution in [3.05, 3.63) is 70.8 Å². The molecular weight excluding hydrogens is 358 g/mol. The van der Waals surface area contributed by atoms with Gasteiger partial charge < -0.3 is 14.8 Å². The molecule has 0 aliphatic heterocycles. The normalized spacial score (nSPS) is 10.4. The minimum atomic E-state index is -0.666. The molecule has 0 bridgehead atoms. The number of methoxy groups -OCH3 is 1. The van der Waals surface area contributed by atoms with Gasteiger partial charge in [0, 0.05) is 16.8 Å². The average molecular weight is 374 g/mol. The number of hydrogen-bond acceptors (Lipinski definition) is 5. The van der Waals surface area contributed by atoms with E-state index in [0.29, 0.717) is 21.8 Å². The zero-order valence-electron chi connectivity index (χ0n) is 13.9. The number of hydrogen-bond donors (Lipinski definition) is 1. The Morgan fingerprint density at radius 1 is 1.08 bits per heavy atom. The van der Waals surface area contributed by atoms with E-state index in [1.807, 2.05) is 0 Å². The van der Waals surface area contributed by atoms with Crippen molar-refractivity contribution >= 4 is 41.2 Å². The van der Waals surface area contributed by atoms with Crippen molar-refractivity contribution < 1.29 is 23.9 Å². The Bertz CT molecular complexity index is 830. The first-order chi connectivity index (χ1) is 12.5. The predicted octanol–water partition coefficient (Wildman–Crippen LogP) is 3.32. The summed E-state index contributed by atoms with van der Waals surface area (Å²) in [5, 5.41) is 3.06. The zero-order valence-corrected chi connectivity index (χ0v) is 14.7. The van der Waals surface area contributed by atoms with Crippen LogP contribution in [-0.4, -0.2) is 31.6 Å². The summed E-state index contributed by atoms with van der Waals surface area (Å²) >= 11 is 5.97. The van der Waals surface area contributed by atoms with Gasteiger partial charge >= 0.3 is 11.9 Å². The quantitative estimate of drug-likeness (QED) is 0.620. The van der Waals surface area contributed by atoms with Gasteiger partial charge in [-0.05, 0) is 42.0 Å². The van der Waals surface area contributed by atoms with Gasteiger partial charge in [-0.3, -0.25) is 4.79 Å². The molecular formula is C19H16ClNO5. The van der Waals surface area contributed by atoms with E-state index in [1.54, 1.807) is 36.4 Å². The van der Waals surface area contributed by atoms with Gasteiger partial charge in [0.05, 0.1) is 12.7 Å². The summed E-state index contributed by atoms with van der Waals surface area (Å²) in [4.78, 5) is 34.8. The number of nitrogens with one attached hydrogen (secondary N) is 1. The van der Waals surface area contributed by atoms with Crippen LogP contribution in [0.1, 0.15) is 15.9 Å². The van der Waals surface area contributed by atoms with E-state index in [9.17, 15) is 14.4 Å². The maximum absolute atomic E-state index is 11.8. The van der Waals surface area contributed by atoms with Crippen LogP contribution in [0.25, 0.3) is 6.08 Å². The van der Waals surface area contributed by atoms with Crippen LogP contribution in [0.5, 0.6) is 0 Å². The number of benzene rings is 2. The van der Waals surface area contributed by atoms with Crippen LogP contribution in [0.15, 0.2) is 54.6 Å². The third-order valence-corrected chi connectivity index (χ3v) is 3.58. The Morgan fingerprint density at radius 3 is 2.42 bits per heavy atom. The summed E-state index contributed by atoms with van der Waals surface area (Å²) in [6.45, 7) is -0.440. The SMILES string of the molecule is COC(=O)c1ccc(NC(=O)COC(=O)/C=C/c2ccccc2Cl)cc1. The second kappa shape index (κ2) is 9.39. The molecule has 0 aliphatic rings. The second-order valence-electron chi connectivity index (χ2n) is 5.08. The Kier molecular flexibility index (Phi) is 6.93. The maximum atomic E-state index is 11.8. The molecule has 1 amide bonds. The van der Waals surface area contributed by atoms with Gasteiger partial charge in [0.15, 0.2) is 6.61 Å². The van der Waals surface area contributed by atoms with Gasteiger partial charge in [0.2, 0.25) is 0 Å². The molecule has 0 atom stereocenters. The highest BCUT2D eigenvalue weighted by Gasteiger charge is 2.08. The molecule has 2 rings (SSSR count). The van der Waals surface area contributed by atoms with Crippen LogP contribution in [0.2, 0.25) is 5.02 Å². The minimum Gasteiger partial charge on any atom is -0.465 e. The topological polar surface area (TPSA) is 81.7 Å². The molecule has 0 heterocycles. The van der Waals surface area contributed by atoms with Crippen LogP contribution in [0.4, 0.5) is 5.69 Å². The first kappa shape index (κ1) is 19.2. The fourth-order valence-corrected chi connectivity index (χ4v) is 2.16. The number of amides is 1. The lowest BCUT2D eigenvalue weighted by Gasteiger charge is -2.06. The van der Waals surface area contributed by atoms with Crippen molar-refractivity contribution in [1.82, 2.24) is 0 Å². The Labute approximate surface area is 155 Å². The molecule has 134 valence electrons. The van der Waals surface area contributed by atoms with Gasteiger partial charge in [0.25, 0.3) is 5.91 Å². The molecule has 0 aromatic heterocycles. The number of carbonyl (C=O) groups excluding carboxylic acids is 3. The van der Waals surface area contributed by atoms with E-state index in [1.165, 1.54) is 31.4 Å². The molecule has 0 spiro atoms. The van der Waals surface area contributed by atoms with Crippen molar-refractivity contribution in [2.45, 2.75) is 0 Å². The van der Waals surface area contributed by atoms with Crippen molar-refractivity contribution in [3.8, 4) is 0 Å². The van der Waals surface area contributed by atoms with Gasteiger partial charge in [-0.25, -0.2) is 9.59 Å². The van der Waals surface area contributed by atoms with E-state index in [4.69, 9.17) is 16.3 Å². The van der Waals surface area contributed by atoms with Crippen molar-refractivity contribution in [2.24, 2.45) is 0 Å². The fraction of sp³-hybridized carbons (Fsp3) is 0.105. The third kappa shape index (κ3) is 5.75. The van der Waals surface area contributed by atoms with Gasteiger partial charge in [-0.1, -0.05) is 29.8 Å². The first-order valence-electron chi connectivity index (χ1n) is 7.57. The summed E-state index contributed by atoms with van der Waals surface area (Å²) in [5.74, 6) is -1.64. The largest absolute Gasteiger partial charge is 0.465 e. The molecule has 0 saturated carbocycles. The van der Waals surface area contributed by atoms with Crippen LogP contribution < -0.4 is 5.32 Å². The molecule has 6 nitrogen and oxygen atoms in total. The Hall–Kier alpha value is -3.12. The highest BCUT2D eigenvalue weighted by Crippen LogP contribution is 2.16. The number of carbonyl (C=O) groups is 3. The summed E-state index contributed by atoms with van der Waals surface area (Å²) in [7, 11) is 1.28. The van der Waals surface area contributed by atoms with Crippen molar-refractivity contribution in [1.29, 1.82) is 0 Å². The highest BCUT2D eigenvalue weighted by molar-refractivity contribution is 6.32. The van der Waals surface area contributed by atoms with Crippen LogP contribution >= 0.6 is 11.6 Å². The monoisotopic (exact) mass is 373 g/mol. The van der Waals surface area contributed by atoms with E-state index in [0.717, 1.165) is 0 Å². The summed E-state index contributed by atoms with van der Waals surface area (Å²) in [6.07, 6.45) is 2.70. The molecule has 0 unspecified atom stereocenters. The number of esters is 2. The Morgan fingerprint density at radius 2 is 1.77 bits per heavy atom. The van der Waals surface area contributed by atoms with Crippen LogP contribution in [0, 0.1) is 0 Å². The second-order valence-corrected chi connectivity index (χ2v) is 5.49. The number of anilines is 1. The van der Waals surface area contributed by atoms with Crippen molar-refractivity contribution in [3.63, 3.8) is 0 Å². The molecule has 0 radical (unpaired) electrons. The van der Waals surface area contributed by atoms with Crippen molar-refractivity contribution in [2.75, 3.05) is 19.0 Å². The maximum Gasteiger partial charge on any atom is 0.337 e. The lowest BCUT2D eigenvalue weighted by molar-refractivity contribution is -0.142. The average Bonchev–Trinajstić information content (AvgIpc) is 2.65. The first-order valence-corrected chi connectivity index (χ1v) is 7.95.